The molecule has 2 unspecified atom stereocenters. The van der Waals surface area contributed by atoms with Crippen molar-refractivity contribution >= 4 is 40.6 Å². The van der Waals surface area contributed by atoms with E-state index >= 15 is 0 Å². The average Bonchev–Trinajstić information content (AvgIpc) is 3.68. The number of unbranched alkanes of at least 4 members (excludes halogenated alkanes) is 2. The number of aliphatic hydroxyl groups is 1. The number of allylic oxidation sites excluding steroid dienone is 1. The molecule has 3 fully saturated rings. The van der Waals surface area contributed by atoms with E-state index < -0.39 is 22.6 Å². The van der Waals surface area contributed by atoms with Crippen LogP contribution >= 0.6 is 11.8 Å². The summed E-state index contributed by atoms with van der Waals surface area (Å²) in [6, 6.07) is 6.70. The Bertz CT molecular complexity index is 1270. The SMILES string of the molecule is C=CCCCCOC(=O)[C@@H]1[C@H]2C(=O)N(CCO)C(C(=O)N(CC=C)Cn3nnc4ccccc43)C23CC[C@H]1S3. The average molecular weight is 554 g/mol. The predicted molar refractivity (Wildman–Crippen MR) is 147 cm³/mol. The number of aromatic nitrogens is 3. The summed E-state index contributed by atoms with van der Waals surface area (Å²) >= 11 is 1.58. The number of nitrogens with zero attached hydrogens (tertiary/aromatic N) is 5. The summed E-state index contributed by atoms with van der Waals surface area (Å²) in [5.74, 6) is -2.11. The monoisotopic (exact) mass is 553 g/mol. The van der Waals surface area contributed by atoms with E-state index in [9.17, 15) is 19.5 Å². The standard InChI is InChI=1S/C28H35N5O5S/c1-3-5-6-9-17-38-27(37)22-21-12-13-28(39-21)23(22)25(35)32(15-16-34)24(28)26(36)31(14-4-2)18-33-20-11-8-7-10-19(20)29-30-33/h3-4,7-8,10-11,21-24,34H,1-2,5-6,9,12-18H2/t21-,22+,23+,24?,28?/m1/s1. The second-order valence-corrected chi connectivity index (χ2v) is 11.9. The Kier molecular flexibility index (Phi) is 8.08. The van der Waals surface area contributed by atoms with Crippen molar-refractivity contribution in [3.05, 3.63) is 49.6 Å². The fraction of sp³-hybridized carbons (Fsp3) is 0.536. The van der Waals surface area contributed by atoms with Crippen molar-refractivity contribution in [2.45, 2.75) is 54.8 Å². The van der Waals surface area contributed by atoms with Crippen molar-refractivity contribution in [1.29, 1.82) is 0 Å². The Morgan fingerprint density at radius 3 is 2.85 bits per heavy atom. The van der Waals surface area contributed by atoms with Gasteiger partial charge in [-0.15, -0.1) is 30.0 Å². The summed E-state index contributed by atoms with van der Waals surface area (Å²) in [6.07, 6.45) is 7.33. The molecule has 0 radical (unpaired) electrons. The number of likely N-dealkylation sites (tertiary alicyclic amines) is 1. The minimum absolute atomic E-state index is 0.0240. The van der Waals surface area contributed by atoms with E-state index in [1.165, 1.54) is 4.90 Å². The van der Waals surface area contributed by atoms with E-state index in [-0.39, 0.29) is 49.4 Å². The maximum absolute atomic E-state index is 14.3. The largest absolute Gasteiger partial charge is 0.465 e. The highest BCUT2D eigenvalue weighted by atomic mass is 32.2. The van der Waals surface area contributed by atoms with Crippen LogP contribution in [-0.2, 0) is 25.8 Å². The normalized spacial score (nSPS) is 27.1. The minimum Gasteiger partial charge on any atom is -0.465 e. The van der Waals surface area contributed by atoms with Crippen molar-refractivity contribution in [1.82, 2.24) is 24.8 Å². The van der Waals surface area contributed by atoms with Gasteiger partial charge in [-0.25, -0.2) is 4.68 Å². The van der Waals surface area contributed by atoms with Gasteiger partial charge in [-0.2, -0.15) is 0 Å². The van der Waals surface area contributed by atoms with Crippen LogP contribution in [0.5, 0.6) is 0 Å². The molecule has 1 spiro atoms. The van der Waals surface area contributed by atoms with Gasteiger partial charge in [0.05, 0.1) is 35.3 Å². The van der Waals surface area contributed by atoms with Crippen LogP contribution in [0.15, 0.2) is 49.6 Å². The maximum atomic E-state index is 14.3. The van der Waals surface area contributed by atoms with Gasteiger partial charge in [0.1, 0.15) is 18.2 Å². The molecule has 2 bridgehead atoms. The van der Waals surface area contributed by atoms with Gasteiger partial charge in [0.25, 0.3) is 0 Å². The molecule has 0 aliphatic carbocycles. The topological polar surface area (TPSA) is 118 Å². The molecule has 5 rings (SSSR count). The molecule has 1 aromatic carbocycles. The van der Waals surface area contributed by atoms with E-state index in [4.69, 9.17) is 4.74 Å². The number of fused-ring (bicyclic) bond motifs is 2. The van der Waals surface area contributed by atoms with Crippen LogP contribution in [0.3, 0.4) is 0 Å². The molecule has 4 heterocycles. The number of esters is 1. The first kappa shape index (κ1) is 27.4. The third kappa shape index (κ3) is 4.75. The number of benzene rings is 1. The number of β-amino-alcohol motifs (C(OH)–C–C–N with tert-alkyl or cyclic N) is 1. The Morgan fingerprint density at radius 2 is 2.08 bits per heavy atom. The van der Waals surface area contributed by atoms with Crippen LogP contribution in [0.25, 0.3) is 11.0 Å². The summed E-state index contributed by atoms with van der Waals surface area (Å²) in [4.78, 5) is 44.5. The quantitative estimate of drug-likeness (QED) is 0.228. The van der Waals surface area contributed by atoms with Gasteiger partial charge in [-0.3, -0.25) is 14.4 Å². The molecule has 3 aliphatic heterocycles. The van der Waals surface area contributed by atoms with Crippen LogP contribution in [0.2, 0.25) is 0 Å². The zero-order valence-electron chi connectivity index (χ0n) is 22.0. The zero-order valence-corrected chi connectivity index (χ0v) is 22.8. The Hall–Kier alpha value is -3.18. The van der Waals surface area contributed by atoms with Gasteiger partial charge in [-0.1, -0.05) is 29.5 Å². The number of ether oxygens (including phenoxy) is 1. The number of rotatable bonds is 13. The third-order valence-corrected chi connectivity index (χ3v) is 10.0. The summed E-state index contributed by atoms with van der Waals surface area (Å²) in [5.41, 5.74) is 1.51. The molecule has 1 aromatic heterocycles. The summed E-state index contributed by atoms with van der Waals surface area (Å²) < 4.78 is 6.54. The van der Waals surface area contributed by atoms with Crippen molar-refractivity contribution in [3.8, 4) is 0 Å². The van der Waals surface area contributed by atoms with Crippen molar-refractivity contribution in [2.75, 3.05) is 26.3 Å². The second-order valence-electron chi connectivity index (χ2n) is 10.3. The van der Waals surface area contributed by atoms with Crippen LogP contribution in [0, 0.1) is 11.8 Å². The lowest BCUT2D eigenvalue weighted by Gasteiger charge is -2.37. The summed E-state index contributed by atoms with van der Waals surface area (Å²) in [7, 11) is 0. The summed E-state index contributed by atoms with van der Waals surface area (Å²) in [6.45, 7) is 7.97. The molecular formula is C28H35N5O5S. The highest BCUT2D eigenvalue weighted by Gasteiger charge is 2.74. The van der Waals surface area contributed by atoms with Crippen LogP contribution in [-0.4, -0.2) is 90.0 Å². The number of carbonyl (C=O) groups is 3. The predicted octanol–water partition coefficient (Wildman–Crippen LogP) is 2.39. The highest BCUT2D eigenvalue weighted by molar-refractivity contribution is 8.02. The first-order chi connectivity index (χ1) is 19.0. The fourth-order valence-corrected chi connectivity index (χ4v) is 8.64. The maximum Gasteiger partial charge on any atom is 0.310 e. The van der Waals surface area contributed by atoms with Gasteiger partial charge in [-0.05, 0) is 44.2 Å². The Balaban J connectivity index is 1.41. The van der Waals surface area contributed by atoms with Crippen molar-refractivity contribution in [2.24, 2.45) is 11.8 Å². The molecule has 1 N–H and O–H groups in total. The second kappa shape index (κ2) is 11.5. The van der Waals surface area contributed by atoms with Crippen LogP contribution in [0.4, 0.5) is 0 Å². The number of hydrogen-bond acceptors (Lipinski definition) is 8. The first-order valence-corrected chi connectivity index (χ1v) is 14.4. The molecule has 39 heavy (non-hydrogen) atoms. The number of aliphatic hydroxyl groups excluding tert-OH is 1. The van der Waals surface area contributed by atoms with Gasteiger partial charge in [0.2, 0.25) is 11.8 Å². The van der Waals surface area contributed by atoms with Gasteiger partial charge >= 0.3 is 5.97 Å². The van der Waals surface area contributed by atoms with E-state index in [1.54, 1.807) is 27.4 Å². The molecule has 0 saturated carbocycles. The van der Waals surface area contributed by atoms with E-state index in [0.29, 0.717) is 13.0 Å². The fourth-order valence-electron chi connectivity index (χ4n) is 6.44. The van der Waals surface area contributed by atoms with Gasteiger partial charge < -0.3 is 19.6 Å². The molecular weight excluding hydrogens is 518 g/mol. The molecule has 3 aliphatic rings. The Labute approximate surface area is 232 Å². The van der Waals surface area contributed by atoms with E-state index in [0.717, 1.165) is 36.7 Å². The van der Waals surface area contributed by atoms with Crippen molar-refractivity contribution in [3.63, 3.8) is 0 Å². The molecule has 3 saturated heterocycles. The first-order valence-electron chi connectivity index (χ1n) is 13.5. The summed E-state index contributed by atoms with van der Waals surface area (Å²) in [5, 5.41) is 18.2. The number of carbonyl (C=O) groups excluding carboxylic acids is 3. The number of para-hydroxylation sites is 1. The minimum atomic E-state index is -0.808. The lowest BCUT2D eigenvalue weighted by atomic mass is 9.71. The molecule has 208 valence electrons. The molecule has 2 aromatic rings. The molecule has 2 amide bonds. The number of amides is 2. The molecule has 11 heteroatoms. The van der Waals surface area contributed by atoms with Crippen molar-refractivity contribution < 1.29 is 24.2 Å². The van der Waals surface area contributed by atoms with Crippen LogP contribution in [0.1, 0.15) is 32.1 Å². The van der Waals surface area contributed by atoms with Crippen LogP contribution < -0.4 is 0 Å². The lowest BCUT2D eigenvalue weighted by molar-refractivity contribution is -0.154. The lowest BCUT2D eigenvalue weighted by Crippen LogP contribution is -2.55. The third-order valence-electron chi connectivity index (χ3n) is 8.08. The zero-order chi connectivity index (χ0) is 27.6. The highest BCUT2D eigenvalue weighted by Crippen LogP contribution is 2.66. The number of thioether (sulfide) groups is 1. The van der Waals surface area contributed by atoms with Gasteiger partial charge in [0.15, 0.2) is 0 Å². The van der Waals surface area contributed by atoms with Gasteiger partial charge in [0, 0.05) is 18.3 Å². The molecule has 5 atom stereocenters. The molecule has 10 nitrogen and oxygen atoms in total. The smallest absolute Gasteiger partial charge is 0.310 e. The Morgan fingerprint density at radius 1 is 1.26 bits per heavy atom. The number of hydrogen-bond donors (Lipinski definition) is 1. The van der Waals surface area contributed by atoms with E-state index in [1.807, 2.05) is 30.3 Å². The van der Waals surface area contributed by atoms with E-state index in [2.05, 4.69) is 23.5 Å².